The molecule has 1 aromatic heterocycles. The Kier molecular flexibility index (Phi) is 6.13. The number of carbonyl (C=O) groups is 1. The molecule has 5 heteroatoms. The lowest BCUT2D eigenvalue weighted by atomic mass is 10.2. The predicted molar refractivity (Wildman–Crippen MR) is 86.6 cm³/mol. The molecule has 23 heavy (non-hydrogen) atoms. The van der Waals surface area contributed by atoms with Crippen LogP contribution in [-0.4, -0.2) is 28.9 Å². The van der Waals surface area contributed by atoms with Crippen molar-refractivity contribution in [3.05, 3.63) is 59.9 Å². The summed E-state index contributed by atoms with van der Waals surface area (Å²) in [6.45, 7) is 2.72. The molecule has 0 spiro atoms. The SMILES string of the molecule is Cc1cccc(OCC(=O)N(CCC#N)Cc2cccnc2)c1. The number of carbonyl (C=O) groups excluding carboxylic acids is 1. The van der Waals surface area contributed by atoms with Gasteiger partial charge in [-0.1, -0.05) is 18.2 Å². The number of aromatic nitrogens is 1. The monoisotopic (exact) mass is 309 g/mol. The minimum Gasteiger partial charge on any atom is -0.484 e. The van der Waals surface area contributed by atoms with Crippen LogP contribution in [0.3, 0.4) is 0 Å². The number of nitriles is 1. The smallest absolute Gasteiger partial charge is 0.260 e. The molecule has 0 bridgehead atoms. The molecule has 0 fully saturated rings. The maximum absolute atomic E-state index is 12.4. The van der Waals surface area contributed by atoms with E-state index in [-0.39, 0.29) is 18.9 Å². The summed E-state index contributed by atoms with van der Waals surface area (Å²) in [7, 11) is 0. The highest BCUT2D eigenvalue weighted by Crippen LogP contribution is 2.13. The van der Waals surface area contributed by atoms with E-state index in [1.807, 2.05) is 43.3 Å². The fraction of sp³-hybridized carbons (Fsp3) is 0.278. The maximum Gasteiger partial charge on any atom is 0.260 e. The van der Waals surface area contributed by atoms with E-state index < -0.39 is 0 Å². The lowest BCUT2D eigenvalue weighted by Crippen LogP contribution is -2.35. The first kappa shape index (κ1) is 16.5. The van der Waals surface area contributed by atoms with Gasteiger partial charge in [0.05, 0.1) is 12.5 Å². The van der Waals surface area contributed by atoms with Crippen LogP contribution in [-0.2, 0) is 11.3 Å². The van der Waals surface area contributed by atoms with Crippen LogP contribution in [0, 0.1) is 18.3 Å². The van der Waals surface area contributed by atoms with Gasteiger partial charge in [-0.15, -0.1) is 0 Å². The van der Waals surface area contributed by atoms with Crippen LogP contribution in [0.2, 0.25) is 0 Å². The van der Waals surface area contributed by atoms with Crippen LogP contribution in [0.15, 0.2) is 48.8 Å². The Bertz CT molecular complexity index is 680. The van der Waals surface area contributed by atoms with Crippen molar-refractivity contribution in [3.63, 3.8) is 0 Å². The van der Waals surface area contributed by atoms with E-state index in [1.54, 1.807) is 17.3 Å². The van der Waals surface area contributed by atoms with Crippen LogP contribution in [0.5, 0.6) is 5.75 Å². The van der Waals surface area contributed by atoms with Crippen molar-refractivity contribution >= 4 is 5.91 Å². The van der Waals surface area contributed by atoms with Crippen molar-refractivity contribution in [2.24, 2.45) is 0 Å². The van der Waals surface area contributed by atoms with Gasteiger partial charge in [-0.05, 0) is 36.2 Å². The van der Waals surface area contributed by atoms with Crippen LogP contribution >= 0.6 is 0 Å². The van der Waals surface area contributed by atoms with E-state index in [4.69, 9.17) is 10.00 Å². The number of ether oxygens (including phenoxy) is 1. The summed E-state index contributed by atoms with van der Waals surface area (Å²) < 4.78 is 5.56. The molecule has 0 saturated heterocycles. The Hall–Kier alpha value is -2.87. The lowest BCUT2D eigenvalue weighted by Gasteiger charge is -2.21. The van der Waals surface area contributed by atoms with E-state index >= 15 is 0 Å². The number of hydrogen-bond acceptors (Lipinski definition) is 4. The van der Waals surface area contributed by atoms with Gasteiger partial charge in [0.15, 0.2) is 6.61 Å². The standard InChI is InChI=1S/C18H19N3O2/c1-15-5-2-7-17(11-15)23-14-18(22)21(10-4-8-19)13-16-6-3-9-20-12-16/h2-3,5-7,9,11-12H,4,10,13-14H2,1H3. The highest BCUT2D eigenvalue weighted by molar-refractivity contribution is 5.77. The van der Waals surface area contributed by atoms with Gasteiger partial charge < -0.3 is 9.64 Å². The molecule has 5 nitrogen and oxygen atoms in total. The Labute approximate surface area is 136 Å². The number of benzene rings is 1. The van der Waals surface area contributed by atoms with Crippen molar-refractivity contribution < 1.29 is 9.53 Å². The van der Waals surface area contributed by atoms with Gasteiger partial charge in [-0.3, -0.25) is 9.78 Å². The zero-order chi connectivity index (χ0) is 16.5. The first-order valence-corrected chi connectivity index (χ1v) is 7.42. The number of nitrogens with zero attached hydrogens (tertiary/aromatic N) is 3. The lowest BCUT2D eigenvalue weighted by molar-refractivity contribution is -0.133. The molecule has 2 aromatic rings. The minimum absolute atomic E-state index is 0.0465. The van der Waals surface area contributed by atoms with Crippen LogP contribution in [0.1, 0.15) is 17.5 Å². The van der Waals surface area contributed by atoms with Gasteiger partial charge >= 0.3 is 0 Å². The fourth-order valence-corrected chi connectivity index (χ4v) is 2.13. The molecular formula is C18H19N3O2. The molecule has 0 N–H and O–H groups in total. The molecule has 118 valence electrons. The summed E-state index contributed by atoms with van der Waals surface area (Å²) in [5.74, 6) is 0.519. The minimum atomic E-state index is -0.148. The highest BCUT2D eigenvalue weighted by atomic mass is 16.5. The van der Waals surface area contributed by atoms with E-state index in [0.29, 0.717) is 18.8 Å². The van der Waals surface area contributed by atoms with Gasteiger partial charge in [-0.2, -0.15) is 5.26 Å². The predicted octanol–water partition coefficient (Wildman–Crippen LogP) is 2.71. The van der Waals surface area contributed by atoms with E-state index in [1.165, 1.54) is 0 Å². The summed E-state index contributed by atoms with van der Waals surface area (Å²) in [4.78, 5) is 18.1. The van der Waals surface area contributed by atoms with Crippen molar-refractivity contribution in [1.29, 1.82) is 5.26 Å². The summed E-state index contributed by atoms with van der Waals surface area (Å²) in [5, 5.41) is 8.77. The Balaban J connectivity index is 1.97. The Morgan fingerprint density at radius 1 is 1.35 bits per heavy atom. The molecule has 0 aliphatic rings. The zero-order valence-corrected chi connectivity index (χ0v) is 13.1. The molecule has 0 aliphatic carbocycles. The van der Waals surface area contributed by atoms with Crippen LogP contribution in [0.25, 0.3) is 0 Å². The Morgan fingerprint density at radius 3 is 2.91 bits per heavy atom. The average Bonchev–Trinajstić information content (AvgIpc) is 2.57. The number of pyridine rings is 1. The van der Waals surface area contributed by atoms with Gasteiger partial charge in [0.25, 0.3) is 5.91 Å². The fourth-order valence-electron chi connectivity index (χ4n) is 2.13. The molecule has 0 atom stereocenters. The van der Waals surface area contributed by atoms with E-state index in [2.05, 4.69) is 11.1 Å². The van der Waals surface area contributed by atoms with Gasteiger partial charge in [0, 0.05) is 25.5 Å². The van der Waals surface area contributed by atoms with Crippen molar-refractivity contribution in [1.82, 2.24) is 9.88 Å². The second-order valence-corrected chi connectivity index (χ2v) is 5.19. The van der Waals surface area contributed by atoms with Crippen molar-refractivity contribution in [3.8, 4) is 11.8 Å². The molecule has 0 aliphatic heterocycles. The number of aryl methyl sites for hydroxylation is 1. The normalized spacial score (nSPS) is 9.91. The molecule has 0 unspecified atom stereocenters. The molecule has 1 heterocycles. The summed E-state index contributed by atoms with van der Waals surface area (Å²) >= 11 is 0. The summed E-state index contributed by atoms with van der Waals surface area (Å²) in [6.07, 6.45) is 3.69. The zero-order valence-electron chi connectivity index (χ0n) is 13.1. The van der Waals surface area contributed by atoms with Crippen molar-refractivity contribution in [2.45, 2.75) is 19.9 Å². The highest BCUT2D eigenvalue weighted by Gasteiger charge is 2.14. The molecular weight excluding hydrogens is 290 g/mol. The third-order valence-corrected chi connectivity index (χ3v) is 3.29. The van der Waals surface area contributed by atoms with Crippen molar-refractivity contribution in [2.75, 3.05) is 13.2 Å². The second kappa shape index (κ2) is 8.54. The molecule has 1 amide bonds. The molecule has 2 rings (SSSR count). The molecule has 0 radical (unpaired) electrons. The summed E-state index contributed by atoms with van der Waals surface area (Å²) in [5.41, 5.74) is 2.00. The average molecular weight is 309 g/mol. The van der Waals surface area contributed by atoms with Gasteiger partial charge in [-0.25, -0.2) is 0 Å². The topological polar surface area (TPSA) is 66.2 Å². The molecule has 0 saturated carbocycles. The quantitative estimate of drug-likeness (QED) is 0.788. The van der Waals surface area contributed by atoms with Crippen LogP contribution < -0.4 is 4.74 Å². The van der Waals surface area contributed by atoms with Gasteiger partial charge in [0.2, 0.25) is 0 Å². The number of hydrogen-bond donors (Lipinski definition) is 0. The number of rotatable bonds is 7. The maximum atomic E-state index is 12.4. The van der Waals surface area contributed by atoms with E-state index in [0.717, 1.165) is 11.1 Å². The van der Waals surface area contributed by atoms with E-state index in [9.17, 15) is 4.79 Å². The first-order chi connectivity index (χ1) is 11.2. The third-order valence-electron chi connectivity index (χ3n) is 3.29. The largest absolute Gasteiger partial charge is 0.484 e. The third kappa shape index (κ3) is 5.44. The Morgan fingerprint density at radius 2 is 2.22 bits per heavy atom. The first-order valence-electron chi connectivity index (χ1n) is 7.42. The van der Waals surface area contributed by atoms with Crippen LogP contribution in [0.4, 0.5) is 0 Å². The second-order valence-electron chi connectivity index (χ2n) is 5.19. The number of amides is 1. The summed E-state index contributed by atoms with van der Waals surface area (Å²) in [6, 6.07) is 13.4. The van der Waals surface area contributed by atoms with Gasteiger partial charge in [0.1, 0.15) is 5.75 Å². The molecule has 1 aromatic carbocycles.